The molecular formula is C13H21Cl3N2O2S. The van der Waals surface area contributed by atoms with E-state index in [1.54, 1.807) is 18.2 Å². The van der Waals surface area contributed by atoms with Crippen molar-refractivity contribution in [3.8, 4) is 0 Å². The van der Waals surface area contributed by atoms with Gasteiger partial charge in [-0.05, 0) is 36.1 Å². The second-order valence-electron chi connectivity index (χ2n) is 5.22. The molecule has 0 radical (unpaired) electrons. The lowest BCUT2D eigenvalue weighted by atomic mass is 10.1. The number of hydrogen-bond acceptors (Lipinski definition) is 3. The average molecular weight is 376 g/mol. The highest BCUT2D eigenvalue weighted by atomic mass is 35.5. The van der Waals surface area contributed by atoms with Crippen LogP contribution in [0.1, 0.15) is 25.8 Å². The van der Waals surface area contributed by atoms with E-state index < -0.39 is 10.0 Å². The minimum Gasteiger partial charge on any atom is -0.329 e. The molecule has 21 heavy (non-hydrogen) atoms. The lowest BCUT2D eigenvalue weighted by Gasteiger charge is -2.18. The van der Waals surface area contributed by atoms with Crippen LogP contribution in [0.4, 0.5) is 0 Å². The molecule has 0 aromatic heterocycles. The molecule has 0 bridgehead atoms. The monoisotopic (exact) mass is 374 g/mol. The number of rotatable bonds is 7. The Morgan fingerprint density at radius 3 is 2.14 bits per heavy atom. The maximum absolute atomic E-state index is 12.1. The number of nitrogens with two attached hydrogens (primary N) is 1. The van der Waals surface area contributed by atoms with Gasteiger partial charge < -0.3 is 5.73 Å². The van der Waals surface area contributed by atoms with Crippen molar-refractivity contribution < 1.29 is 8.42 Å². The van der Waals surface area contributed by atoms with Gasteiger partial charge in [-0.25, -0.2) is 13.1 Å². The minimum absolute atomic E-state index is 0. The molecule has 1 rings (SSSR count). The van der Waals surface area contributed by atoms with Gasteiger partial charge in [-0.2, -0.15) is 0 Å². The van der Waals surface area contributed by atoms with Gasteiger partial charge in [-0.1, -0.05) is 37.0 Å². The standard InChI is InChI=1S/C13H20Cl2N2O2S.ClH/c1-9(2)3-13(7-16)17-20(18,19)8-10-4-11(14)6-12(15)5-10;/h4-6,9,13,17H,3,7-8,16H2,1-2H3;1H. The van der Waals surface area contributed by atoms with Crippen LogP contribution in [0.5, 0.6) is 0 Å². The summed E-state index contributed by atoms with van der Waals surface area (Å²) in [6.45, 7) is 4.31. The second kappa shape index (κ2) is 9.18. The summed E-state index contributed by atoms with van der Waals surface area (Å²) in [5.41, 5.74) is 6.15. The fraction of sp³-hybridized carbons (Fsp3) is 0.538. The third-order valence-corrected chi connectivity index (χ3v) is 4.51. The zero-order chi connectivity index (χ0) is 15.3. The van der Waals surface area contributed by atoms with Gasteiger partial charge in [0.25, 0.3) is 0 Å². The molecule has 1 unspecified atom stereocenters. The Morgan fingerprint density at radius 1 is 1.19 bits per heavy atom. The Bertz CT molecular complexity index is 530. The van der Waals surface area contributed by atoms with Crippen molar-refractivity contribution in [2.75, 3.05) is 6.54 Å². The van der Waals surface area contributed by atoms with Gasteiger partial charge in [0.1, 0.15) is 0 Å². The summed E-state index contributed by atoms with van der Waals surface area (Å²) in [7, 11) is -3.47. The summed E-state index contributed by atoms with van der Waals surface area (Å²) in [6, 6.07) is 4.49. The maximum atomic E-state index is 12.1. The van der Waals surface area contributed by atoms with E-state index in [2.05, 4.69) is 4.72 Å². The average Bonchev–Trinajstić information content (AvgIpc) is 2.24. The van der Waals surface area contributed by atoms with Crippen molar-refractivity contribution in [3.63, 3.8) is 0 Å². The van der Waals surface area contributed by atoms with E-state index in [-0.39, 0.29) is 30.7 Å². The molecule has 0 heterocycles. The van der Waals surface area contributed by atoms with Gasteiger partial charge in [-0.3, -0.25) is 0 Å². The quantitative estimate of drug-likeness (QED) is 0.768. The van der Waals surface area contributed by atoms with Gasteiger partial charge in [0.05, 0.1) is 5.75 Å². The topological polar surface area (TPSA) is 72.2 Å². The van der Waals surface area contributed by atoms with Crippen LogP contribution >= 0.6 is 35.6 Å². The molecular weight excluding hydrogens is 355 g/mol. The van der Waals surface area contributed by atoms with Crippen molar-refractivity contribution in [2.45, 2.75) is 32.1 Å². The SMILES string of the molecule is CC(C)CC(CN)NS(=O)(=O)Cc1cc(Cl)cc(Cl)c1.Cl. The van der Waals surface area contributed by atoms with Crippen LogP contribution in [0, 0.1) is 5.92 Å². The van der Waals surface area contributed by atoms with E-state index in [9.17, 15) is 8.42 Å². The Morgan fingerprint density at radius 2 is 1.71 bits per heavy atom. The first-order chi connectivity index (χ1) is 9.21. The number of nitrogens with one attached hydrogen (secondary N) is 1. The molecule has 1 aromatic carbocycles. The molecule has 122 valence electrons. The molecule has 4 nitrogen and oxygen atoms in total. The first kappa shape index (κ1) is 21.0. The van der Waals surface area contributed by atoms with E-state index in [0.29, 0.717) is 27.9 Å². The van der Waals surface area contributed by atoms with E-state index in [0.717, 1.165) is 0 Å². The molecule has 0 saturated heterocycles. The Hall–Kier alpha value is -0.0400. The summed E-state index contributed by atoms with van der Waals surface area (Å²) in [5.74, 6) is 0.203. The highest BCUT2D eigenvalue weighted by Crippen LogP contribution is 2.20. The number of hydrogen-bond donors (Lipinski definition) is 2. The van der Waals surface area contributed by atoms with Gasteiger partial charge >= 0.3 is 0 Å². The van der Waals surface area contributed by atoms with Gasteiger partial charge in [0.2, 0.25) is 10.0 Å². The Balaban J connectivity index is 0.00000400. The largest absolute Gasteiger partial charge is 0.329 e. The number of sulfonamides is 1. The predicted octanol–water partition coefficient (Wildman–Crippen LogP) is 3.21. The summed E-state index contributed by atoms with van der Waals surface area (Å²) in [6.07, 6.45) is 0.700. The lowest BCUT2D eigenvalue weighted by molar-refractivity contribution is 0.465. The van der Waals surface area contributed by atoms with Crippen molar-refractivity contribution in [1.29, 1.82) is 0 Å². The summed E-state index contributed by atoms with van der Waals surface area (Å²) in [4.78, 5) is 0. The minimum atomic E-state index is -3.47. The van der Waals surface area contributed by atoms with Crippen LogP contribution in [0.15, 0.2) is 18.2 Å². The van der Waals surface area contributed by atoms with Crippen LogP contribution in [0.25, 0.3) is 0 Å². The predicted molar refractivity (Wildman–Crippen MR) is 91.8 cm³/mol. The van der Waals surface area contributed by atoms with Gasteiger partial charge in [-0.15, -0.1) is 12.4 Å². The fourth-order valence-corrected chi connectivity index (χ4v) is 3.93. The molecule has 0 amide bonds. The van der Waals surface area contributed by atoms with Crippen LogP contribution in [0.3, 0.4) is 0 Å². The molecule has 8 heteroatoms. The molecule has 1 atom stereocenters. The van der Waals surface area contributed by atoms with E-state index in [1.165, 1.54) is 0 Å². The Kier molecular flexibility index (Phi) is 9.16. The Labute approximate surface area is 142 Å². The molecule has 0 spiro atoms. The first-order valence-corrected chi connectivity index (χ1v) is 8.77. The normalized spacial score (nSPS) is 13.0. The number of benzene rings is 1. The first-order valence-electron chi connectivity index (χ1n) is 6.37. The van der Waals surface area contributed by atoms with Crippen LogP contribution in [0.2, 0.25) is 10.0 Å². The van der Waals surface area contributed by atoms with Crippen LogP contribution < -0.4 is 10.5 Å². The third kappa shape index (κ3) is 8.24. The van der Waals surface area contributed by atoms with E-state index in [4.69, 9.17) is 28.9 Å². The van der Waals surface area contributed by atoms with Crippen LogP contribution in [-0.4, -0.2) is 21.0 Å². The van der Waals surface area contributed by atoms with Crippen molar-refractivity contribution in [3.05, 3.63) is 33.8 Å². The molecule has 0 saturated carbocycles. The van der Waals surface area contributed by atoms with Crippen molar-refractivity contribution >= 4 is 45.6 Å². The molecule has 3 N–H and O–H groups in total. The summed E-state index contributed by atoms with van der Waals surface area (Å²) >= 11 is 11.7. The third-order valence-electron chi connectivity index (χ3n) is 2.67. The molecule has 0 fully saturated rings. The highest BCUT2D eigenvalue weighted by Gasteiger charge is 2.18. The van der Waals surface area contributed by atoms with Gasteiger partial charge in [0, 0.05) is 22.6 Å². The fourth-order valence-electron chi connectivity index (χ4n) is 1.97. The number of halogens is 3. The summed E-state index contributed by atoms with van der Waals surface area (Å²) in [5, 5.41) is 0.834. The molecule has 0 aliphatic carbocycles. The second-order valence-corrected chi connectivity index (χ2v) is 7.84. The van der Waals surface area contributed by atoms with Gasteiger partial charge in [0.15, 0.2) is 0 Å². The molecule has 0 aliphatic rings. The molecule has 0 aliphatic heterocycles. The van der Waals surface area contributed by atoms with E-state index >= 15 is 0 Å². The zero-order valence-electron chi connectivity index (χ0n) is 12.0. The lowest BCUT2D eigenvalue weighted by Crippen LogP contribution is -2.41. The maximum Gasteiger partial charge on any atom is 0.216 e. The highest BCUT2D eigenvalue weighted by molar-refractivity contribution is 7.88. The molecule has 1 aromatic rings. The smallest absolute Gasteiger partial charge is 0.216 e. The summed E-state index contributed by atoms with van der Waals surface area (Å²) < 4.78 is 26.9. The zero-order valence-corrected chi connectivity index (χ0v) is 15.1. The van der Waals surface area contributed by atoms with Crippen molar-refractivity contribution in [1.82, 2.24) is 4.72 Å². The van der Waals surface area contributed by atoms with E-state index in [1.807, 2.05) is 13.8 Å². The van der Waals surface area contributed by atoms with Crippen molar-refractivity contribution in [2.24, 2.45) is 11.7 Å². The van der Waals surface area contributed by atoms with Crippen LogP contribution in [-0.2, 0) is 15.8 Å².